The summed E-state index contributed by atoms with van der Waals surface area (Å²) in [6, 6.07) is 40.8. The molecular formula is C71H87Cl6N9O6. The number of nitrogens with one attached hydrogen (secondary N) is 5. The van der Waals surface area contributed by atoms with E-state index in [1.54, 1.807) is 78.9 Å². The number of aromatic nitrogens is 1. The highest BCUT2D eigenvalue weighted by atomic mass is 35.5. The van der Waals surface area contributed by atoms with Crippen molar-refractivity contribution in [2.75, 3.05) is 78.6 Å². The minimum absolute atomic E-state index is 0. The third kappa shape index (κ3) is 22.7. The molecule has 10 rings (SSSR count). The van der Waals surface area contributed by atoms with Gasteiger partial charge in [0, 0.05) is 123 Å². The monoisotopic (exact) mass is 1370 g/mol. The van der Waals surface area contributed by atoms with Crippen molar-refractivity contribution in [2.24, 2.45) is 17.8 Å². The number of pyridine rings is 1. The van der Waals surface area contributed by atoms with Crippen LogP contribution in [0.5, 0.6) is 17.2 Å². The molecule has 3 atom stereocenters. The van der Waals surface area contributed by atoms with Crippen molar-refractivity contribution < 1.29 is 28.1 Å². The van der Waals surface area contributed by atoms with Crippen LogP contribution in [-0.4, -0.2) is 135 Å². The van der Waals surface area contributed by atoms with E-state index in [2.05, 4.69) is 62.5 Å². The number of hydrogen-bond acceptors (Lipinski definition) is 12. The lowest BCUT2D eigenvalue weighted by atomic mass is 10.0. The molecule has 0 spiro atoms. The van der Waals surface area contributed by atoms with Gasteiger partial charge in [-0.15, -0.1) is 0 Å². The van der Waals surface area contributed by atoms with Crippen LogP contribution in [-0.2, 0) is 6.54 Å². The van der Waals surface area contributed by atoms with Gasteiger partial charge in [0.2, 0.25) is 0 Å². The Morgan fingerprint density at radius 1 is 0.609 bits per heavy atom. The SMILES string of the molecule is C[C@@H](CNC1CCN(Cc2ccc(Cl)c(Cl)c2)CC1)COc1ccc(C#N)cc1.C[C@H](CNC(=O)c1c[nH]c(=O)c2ccccc12)CN1CCC(Oc2ccc(Cl)c(Cl)c2)CC1.C[C@H](CNC(=O)c1cccc(C=N)c1)CN1CCC(Oc2ccc(Cl)c(Cl)c2)CC1.[HH].[HH].[HH]. The van der Waals surface area contributed by atoms with Crippen molar-refractivity contribution >= 4 is 98.4 Å². The molecule has 3 fully saturated rings. The van der Waals surface area contributed by atoms with Crippen LogP contribution < -0.4 is 35.7 Å². The molecule has 1 aromatic heterocycles. The molecule has 6 aromatic carbocycles. The molecule has 5 N–H and O–H groups in total. The van der Waals surface area contributed by atoms with Crippen molar-refractivity contribution in [3.8, 4) is 23.3 Å². The molecule has 21 heteroatoms. The number of H-pyrrole nitrogens is 1. The van der Waals surface area contributed by atoms with E-state index in [-0.39, 0.29) is 39.8 Å². The third-order valence-electron chi connectivity index (χ3n) is 16.4. The minimum Gasteiger partial charge on any atom is -0.493 e. The number of halogens is 6. The van der Waals surface area contributed by atoms with Crippen LogP contribution in [0, 0.1) is 34.5 Å². The zero-order valence-electron chi connectivity index (χ0n) is 52.2. The molecule has 0 saturated carbocycles. The Balaban J connectivity index is 0.000000255. The fourth-order valence-corrected chi connectivity index (χ4v) is 12.2. The van der Waals surface area contributed by atoms with Crippen molar-refractivity contribution in [2.45, 2.75) is 84.1 Å². The van der Waals surface area contributed by atoms with Crippen LogP contribution in [0.2, 0.25) is 30.1 Å². The minimum atomic E-state index is -0.193. The third-order valence-corrected chi connectivity index (χ3v) is 18.7. The Hall–Kier alpha value is -6.39. The number of likely N-dealkylation sites (tertiary alicyclic amines) is 3. The zero-order chi connectivity index (χ0) is 65.5. The summed E-state index contributed by atoms with van der Waals surface area (Å²) >= 11 is 36.2. The molecule has 0 aliphatic carbocycles. The number of rotatable bonds is 23. The van der Waals surface area contributed by atoms with Gasteiger partial charge in [0.15, 0.2) is 0 Å². The fourth-order valence-electron chi connectivity index (χ4n) is 11.3. The highest BCUT2D eigenvalue weighted by Crippen LogP contribution is 2.31. The Kier molecular flexibility index (Phi) is 28.2. The molecule has 4 heterocycles. The second-order valence-electron chi connectivity index (χ2n) is 24.1. The number of piperidine rings is 3. The molecule has 0 bridgehead atoms. The molecule has 3 aliphatic heterocycles. The van der Waals surface area contributed by atoms with Gasteiger partial charge in [-0.05, 0) is 153 Å². The van der Waals surface area contributed by atoms with Crippen LogP contribution in [0.15, 0.2) is 138 Å². The van der Waals surface area contributed by atoms with Gasteiger partial charge in [0.05, 0.1) is 53.9 Å². The van der Waals surface area contributed by atoms with Crippen molar-refractivity contribution in [1.29, 1.82) is 10.7 Å². The number of benzene rings is 6. The van der Waals surface area contributed by atoms with E-state index < -0.39 is 0 Å². The van der Waals surface area contributed by atoms with E-state index in [9.17, 15) is 14.4 Å². The summed E-state index contributed by atoms with van der Waals surface area (Å²) in [6.07, 6.45) is 9.13. The predicted molar refractivity (Wildman–Crippen MR) is 380 cm³/mol. The molecule has 3 saturated heterocycles. The van der Waals surface area contributed by atoms with E-state index >= 15 is 0 Å². The number of carbonyl (C=O) groups is 2. The van der Waals surface area contributed by atoms with Gasteiger partial charge < -0.3 is 50.4 Å². The van der Waals surface area contributed by atoms with Crippen LogP contribution in [0.4, 0.5) is 0 Å². The Morgan fingerprint density at radius 2 is 1.13 bits per heavy atom. The van der Waals surface area contributed by atoms with Crippen LogP contribution in [0.1, 0.15) is 101 Å². The number of carbonyl (C=O) groups excluding carboxylic acids is 2. The summed E-state index contributed by atoms with van der Waals surface area (Å²) in [5.41, 5.74) is 3.46. The predicted octanol–water partition coefficient (Wildman–Crippen LogP) is 15.5. The summed E-state index contributed by atoms with van der Waals surface area (Å²) in [6.45, 7) is 17.9. The number of nitriles is 1. The normalized spacial score (nSPS) is 16.1. The van der Waals surface area contributed by atoms with Gasteiger partial charge in [-0.3, -0.25) is 19.3 Å². The van der Waals surface area contributed by atoms with Gasteiger partial charge in [-0.1, -0.05) is 127 Å². The van der Waals surface area contributed by atoms with E-state index in [0.29, 0.717) is 95.2 Å². The Labute approximate surface area is 574 Å². The topological polar surface area (TPSA) is 188 Å². The largest absolute Gasteiger partial charge is 0.493 e. The lowest BCUT2D eigenvalue weighted by molar-refractivity contribution is 0.0879. The maximum atomic E-state index is 12.7. The average Bonchev–Trinajstić information content (AvgIpc) is 0.823. The molecule has 494 valence electrons. The molecule has 3 aliphatic rings. The molecule has 0 unspecified atom stereocenters. The van der Waals surface area contributed by atoms with E-state index in [0.717, 1.165) is 127 Å². The lowest BCUT2D eigenvalue weighted by Gasteiger charge is -2.33. The second kappa shape index (κ2) is 36.3. The molecular weight excluding hydrogens is 1290 g/mol. The van der Waals surface area contributed by atoms with Crippen molar-refractivity contribution in [3.63, 3.8) is 0 Å². The molecule has 0 radical (unpaired) electrons. The fraction of sp³-hybridized carbons (Fsp3) is 0.394. The van der Waals surface area contributed by atoms with E-state index in [1.165, 1.54) is 18.0 Å². The molecule has 7 aromatic rings. The van der Waals surface area contributed by atoms with Crippen LogP contribution in [0.3, 0.4) is 0 Å². The van der Waals surface area contributed by atoms with Gasteiger partial charge >= 0.3 is 0 Å². The number of nitrogens with zero attached hydrogens (tertiary/aromatic N) is 4. The van der Waals surface area contributed by atoms with Gasteiger partial charge in [-0.25, -0.2) is 0 Å². The van der Waals surface area contributed by atoms with Crippen LogP contribution >= 0.6 is 69.6 Å². The summed E-state index contributed by atoms with van der Waals surface area (Å²) < 4.78 is 17.9. The summed E-state index contributed by atoms with van der Waals surface area (Å²) in [5, 5.41) is 30.3. The van der Waals surface area contributed by atoms with Gasteiger partial charge in [0.1, 0.15) is 29.5 Å². The molecule has 15 nitrogen and oxygen atoms in total. The van der Waals surface area contributed by atoms with E-state index in [1.807, 2.05) is 48.5 Å². The Bertz CT molecular complexity index is 3660. The van der Waals surface area contributed by atoms with Crippen molar-refractivity contribution in [3.05, 3.63) is 202 Å². The average molecular weight is 1380 g/mol. The number of hydrogen-bond donors (Lipinski definition) is 5. The van der Waals surface area contributed by atoms with Crippen LogP contribution in [0.25, 0.3) is 10.8 Å². The maximum absolute atomic E-state index is 12.7. The highest BCUT2D eigenvalue weighted by molar-refractivity contribution is 6.43. The first-order valence-corrected chi connectivity index (χ1v) is 33.6. The van der Waals surface area contributed by atoms with Gasteiger partial charge in [-0.2, -0.15) is 5.26 Å². The van der Waals surface area contributed by atoms with E-state index in [4.69, 9.17) is 94.5 Å². The highest BCUT2D eigenvalue weighted by Gasteiger charge is 2.25. The summed E-state index contributed by atoms with van der Waals surface area (Å²) in [7, 11) is 0. The maximum Gasteiger partial charge on any atom is 0.255 e. The quantitative estimate of drug-likeness (QED) is 0.0384. The zero-order valence-corrected chi connectivity index (χ0v) is 56.7. The first-order chi connectivity index (χ1) is 44.4. The first kappa shape index (κ1) is 71.5. The lowest BCUT2D eigenvalue weighted by Crippen LogP contribution is -2.43. The number of amides is 2. The Morgan fingerprint density at radius 3 is 1.67 bits per heavy atom. The summed E-state index contributed by atoms with van der Waals surface area (Å²) in [4.78, 5) is 47.0. The standard InChI is InChI=1S/C25H27Cl2N3O3.C23H27Cl2N3O2.C23H27Cl2N3O.3H2/c1-16(13-28-25(32)21-14-29-24(31)20-5-3-2-4-19(20)21)15-30-10-8-17(9-11-30)33-18-6-7-22(26)23(27)12-18;1-16(14-27-23(29)18-4-2-3-17(11-18)13-26)15-28-9-7-19(8-10-28)30-20-5-6-21(24)22(25)12-20;1-17(16-29-21-5-2-18(13-26)3-6-21)14-27-20-8-10-28(11-9-20)15-19-4-7-22(24)23(25)12-19;;;/h2-7,12,14,16-17H,8-11,13,15H2,1H3,(H,28,32)(H,29,31);2-6,11-13,16,19,26H,7-10,14-15H2,1H3,(H,27,29);2-7,12,17,20,27H,8-11,14-16H2,1H3;3*1H/t2*16-;17-;;;/m110.../s1. The number of ether oxygens (including phenoxy) is 3. The number of aromatic amines is 1. The van der Waals surface area contributed by atoms with Crippen molar-refractivity contribution in [1.82, 2.24) is 35.6 Å². The summed E-state index contributed by atoms with van der Waals surface area (Å²) in [5.74, 6) is 3.08. The second-order valence-corrected chi connectivity index (χ2v) is 26.6. The number of fused-ring (bicyclic) bond motifs is 1. The molecule has 2 amide bonds. The smallest absolute Gasteiger partial charge is 0.255 e. The van der Waals surface area contributed by atoms with Gasteiger partial charge in [0.25, 0.3) is 17.4 Å². The molecule has 92 heavy (non-hydrogen) atoms. The first-order valence-electron chi connectivity index (χ1n) is 31.4.